The highest BCUT2D eigenvalue weighted by Crippen LogP contribution is 2.12. The van der Waals surface area contributed by atoms with Crippen LogP contribution in [0.4, 0.5) is 0 Å². The average molecular weight is 357 g/mol. The first-order valence-electron chi connectivity index (χ1n) is 8.19. The fourth-order valence-corrected chi connectivity index (χ4v) is 2.26. The van der Waals surface area contributed by atoms with Crippen LogP contribution >= 0.6 is 12.2 Å². The van der Waals surface area contributed by atoms with Crippen LogP contribution in [0.15, 0.2) is 54.6 Å². The lowest BCUT2D eigenvalue weighted by Crippen LogP contribution is -2.46. The second-order valence-electron chi connectivity index (χ2n) is 5.61. The largest absolute Gasteiger partial charge is 0.494 e. The Labute approximate surface area is 153 Å². The molecule has 2 aromatic carbocycles. The highest BCUT2D eigenvalue weighted by molar-refractivity contribution is 7.80. The Bertz CT molecular complexity index is 692. The van der Waals surface area contributed by atoms with E-state index in [2.05, 4.69) is 16.2 Å². The molecular formula is C19H23N3O2S. The van der Waals surface area contributed by atoms with Gasteiger partial charge < -0.3 is 10.1 Å². The predicted octanol–water partition coefficient (Wildman–Crippen LogP) is 2.85. The summed E-state index contributed by atoms with van der Waals surface area (Å²) in [6, 6.07) is 17.7. The van der Waals surface area contributed by atoms with Crippen molar-refractivity contribution in [3.63, 3.8) is 0 Å². The van der Waals surface area contributed by atoms with Crippen molar-refractivity contribution in [2.24, 2.45) is 0 Å². The third kappa shape index (κ3) is 7.67. The maximum Gasteiger partial charge on any atom is 0.238 e. The monoisotopic (exact) mass is 357 g/mol. The van der Waals surface area contributed by atoms with Crippen LogP contribution in [0.3, 0.4) is 0 Å². The zero-order valence-corrected chi connectivity index (χ0v) is 15.1. The number of thiocarbonyl (C=S) groups is 1. The van der Waals surface area contributed by atoms with Gasteiger partial charge in [0.25, 0.3) is 0 Å². The van der Waals surface area contributed by atoms with Crippen molar-refractivity contribution in [3.05, 3.63) is 65.7 Å². The van der Waals surface area contributed by atoms with Crippen molar-refractivity contribution in [2.75, 3.05) is 6.61 Å². The maximum absolute atomic E-state index is 11.8. The zero-order valence-electron chi connectivity index (χ0n) is 14.2. The van der Waals surface area contributed by atoms with Crippen LogP contribution in [-0.2, 0) is 11.3 Å². The molecule has 0 atom stereocenters. The molecule has 0 spiro atoms. The summed E-state index contributed by atoms with van der Waals surface area (Å²) >= 11 is 5.12. The van der Waals surface area contributed by atoms with Crippen molar-refractivity contribution >= 4 is 23.2 Å². The fourth-order valence-electron chi connectivity index (χ4n) is 2.14. The summed E-state index contributed by atoms with van der Waals surface area (Å²) in [6.45, 7) is 3.11. The SMILES string of the molecule is Cc1cccc(OCCCC(=O)NNC(=S)NCc2ccccc2)c1. The van der Waals surface area contributed by atoms with Gasteiger partial charge in [-0.1, -0.05) is 42.5 Å². The molecule has 5 nitrogen and oxygen atoms in total. The number of carbonyl (C=O) groups excluding carboxylic acids is 1. The minimum absolute atomic E-state index is 0.128. The first kappa shape index (κ1) is 18.7. The van der Waals surface area contributed by atoms with Crippen molar-refractivity contribution in [2.45, 2.75) is 26.3 Å². The van der Waals surface area contributed by atoms with E-state index in [9.17, 15) is 4.79 Å². The molecule has 3 N–H and O–H groups in total. The first-order valence-corrected chi connectivity index (χ1v) is 8.60. The molecule has 0 aromatic heterocycles. The average Bonchev–Trinajstić information content (AvgIpc) is 2.63. The van der Waals surface area contributed by atoms with Gasteiger partial charge in [-0.25, -0.2) is 0 Å². The smallest absolute Gasteiger partial charge is 0.238 e. The molecule has 0 aliphatic heterocycles. The summed E-state index contributed by atoms with van der Waals surface area (Å²) in [5.41, 5.74) is 7.54. The lowest BCUT2D eigenvalue weighted by Gasteiger charge is -2.12. The van der Waals surface area contributed by atoms with Gasteiger partial charge in [0.1, 0.15) is 5.75 Å². The van der Waals surface area contributed by atoms with E-state index in [0.717, 1.165) is 16.9 Å². The summed E-state index contributed by atoms with van der Waals surface area (Å²) in [4.78, 5) is 11.8. The van der Waals surface area contributed by atoms with Crippen LogP contribution in [0.1, 0.15) is 24.0 Å². The van der Waals surface area contributed by atoms with Crippen molar-refractivity contribution in [1.29, 1.82) is 0 Å². The van der Waals surface area contributed by atoms with E-state index in [1.54, 1.807) is 0 Å². The van der Waals surface area contributed by atoms with Gasteiger partial charge in [-0.3, -0.25) is 15.6 Å². The van der Waals surface area contributed by atoms with E-state index in [0.29, 0.717) is 31.1 Å². The van der Waals surface area contributed by atoms with Gasteiger partial charge in [-0.2, -0.15) is 0 Å². The van der Waals surface area contributed by atoms with Gasteiger partial charge in [0.2, 0.25) is 5.91 Å². The number of amides is 1. The van der Waals surface area contributed by atoms with E-state index in [-0.39, 0.29) is 5.91 Å². The zero-order chi connectivity index (χ0) is 17.9. The quantitative estimate of drug-likeness (QED) is 0.404. The number of aryl methyl sites for hydroxylation is 1. The molecule has 0 aliphatic carbocycles. The first-order chi connectivity index (χ1) is 12.1. The summed E-state index contributed by atoms with van der Waals surface area (Å²) in [5, 5.41) is 3.41. The van der Waals surface area contributed by atoms with Gasteiger partial charge in [-0.05, 0) is 48.8 Å². The number of hydrogen-bond acceptors (Lipinski definition) is 3. The highest BCUT2D eigenvalue weighted by atomic mass is 32.1. The number of nitrogens with one attached hydrogen (secondary N) is 3. The summed E-state index contributed by atoms with van der Waals surface area (Å²) < 4.78 is 5.61. The van der Waals surface area contributed by atoms with Crippen LogP contribution in [0.5, 0.6) is 5.75 Å². The molecule has 2 rings (SSSR count). The summed E-state index contributed by atoms with van der Waals surface area (Å²) in [6.07, 6.45) is 0.992. The third-order valence-corrected chi connectivity index (χ3v) is 3.66. The molecule has 0 bridgehead atoms. The highest BCUT2D eigenvalue weighted by Gasteiger charge is 2.03. The molecule has 0 unspecified atom stereocenters. The van der Waals surface area contributed by atoms with Crippen LogP contribution in [0, 0.1) is 6.92 Å². The normalized spacial score (nSPS) is 9.96. The van der Waals surface area contributed by atoms with E-state index in [4.69, 9.17) is 17.0 Å². The molecule has 0 fully saturated rings. The van der Waals surface area contributed by atoms with Gasteiger partial charge in [0, 0.05) is 13.0 Å². The number of ether oxygens (including phenoxy) is 1. The Morgan fingerprint density at radius 1 is 1.08 bits per heavy atom. The minimum atomic E-state index is -0.128. The Hall–Kier alpha value is -2.60. The molecule has 6 heteroatoms. The van der Waals surface area contributed by atoms with E-state index < -0.39 is 0 Å². The summed E-state index contributed by atoms with van der Waals surface area (Å²) in [7, 11) is 0. The number of hydrogen-bond donors (Lipinski definition) is 3. The molecule has 0 saturated carbocycles. The van der Waals surface area contributed by atoms with Gasteiger partial charge >= 0.3 is 0 Å². The number of benzene rings is 2. The third-order valence-electron chi connectivity index (χ3n) is 3.42. The van der Waals surface area contributed by atoms with E-state index in [1.165, 1.54) is 0 Å². The Morgan fingerprint density at radius 2 is 1.88 bits per heavy atom. The molecule has 0 heterocycles. The van der Waals surface area contributed by atoms with Crippen LogP contribution in [0.2, 0.25) is 0 Å². The predicted molar refractivity (Wildman–Crippen MR) is 103 cm³/mol. The second kappa shape index (κ2) is 10.3. The topological polar surface area (TPSA) is 62.4 Å². The molecule has 0 radical (unpaired) electrons. The number of rotatable bonds is 7. The standard InChI is InChI=1S/C19H23N3O2S/c1-15-7-5-10-17(13-15)24-12-6-11-18(23)21-22-19(25)20-14-16-8-3-2-4-9-16/h2-5,7-10,13H,6,11-12,14H2,1H3,(H,21,23)(H2,20,22,25). The molecule has 1 amide bonds. The van der Waals surface area contributed by atoms with E-state index >= 15 is 0 Å². The summed E-state index contributed by atoms with van der Waals surface area (Å²) in [5.74, 6) is 0.696. The molecule has 0 aliphatic rings. The van der Waals surface area contributed by atoms with Crippen LogP contribution in [0.25, 0.3) is 0 Å². The van der Waals surface area contributed by atoms with Gasteiger partial charge in [0.05, 0.1) is 6.61 Å². The number of hydrazine groups is 1. The van der Waals surface area contributed by atoms with Crippen molar-refractivity contribution < 1.29 is 9.53 Å². The lowest BCUT2D eigenvalue weighted by atomic mass is 10.2. The Morgan fingerprint density at radius 3 is 2.64 bits per heavy atom. The maximum atomic E-state index is 11.8. The van der Waals surface area contributed by atoms with Crippen LogP contribution < -0.4 is 20.9 Å². The Kier molecular flexibility index (Phi) is 7.72. The molecule has 132 valence electrons. The van der Waals surface area contributed by atoms with Gasteiger partial charge in [0.15, 0.2) is 5.11 Å². The van der Waals surface area contributed by atoms with Crippen molar-refractivity contribution in [1.82, 2.24) is 16.2 Å². The minimum Gasteiger partial charge on any atom is -0.494 e. The molecular weight excluding hydrogens is 334 g/mol. The van der Waals surface area contributed by atoms with E-state index in [1.807, 2.05) is 61.5 Å². The van der Waals surface area contributed by atoms with Crippen molar-refractivity contribution in [3.8, 4) is 5.75 Å². The molecule has 25 heavy (non-hydrogen) atoms. The number of carbonyl (C=O) groups is 1. The lowest BCUT2D eigenvalue weighted by molar-refractivity contribution is -0.121. The second-order valence-corrected chi connectivity index (χ2v) is 6.02. The molecule has 0 saturated heterocycles. The van der Waals surface area contributed by atoms with Crippen LogP contribution in [-0.4, -0.2) is 17.6 Å². The molecule has 2 aromatic rings. The Balaban J connectivity index is 1.55. The van der Waals surface area contributed by atoms with Gasteiger partial charge in [-0.15, -0.1) is 0 Å². The fraction of sp³-hybridized carbons (Fsp3) is 0.263.